The molecule has 0 atom stereocenters. The third kappa shape index (κ3) is 4.10. The Bertz CT molecular complexity index is 600. The van der Waals surface area contributed by atoms with Gasteiger partial charge in [0.2, 0.25) is 0 Å². The molecule has 0 radical (unpaired) electrons. The van der Waals surface area contributed by atoms with E-state index >= 15 is 0 Å². The van der Waals surface area contributed by atoms with Crippen LogP contribution in [0.1, 0.15) is 17.5 Å². The van der Waals surface area contributed by atoms with Crippen molar-refractivity contribution in [1.82, 2.24) is 0 Å². The lowest BCUT2D eigenvalue weighted by Crippen LogP contribution is -1.80. The molecule has 0 saturated heterocycles. The summed E-state index contributed by atoms with van der Waals surface area (Å²) in [5.41, 5.74) is 6.86. The molecule has 0 saturated carbocycles. The van der Waals surface area contributed by atoms with Crippen LogP contribution in [0.4, 0.5) is 0 Å². The van der Waals surface area contributed by atoms with Gasteiger partial charge in [-0.25, -0.2) is 0 Å². The lowest BCUT2D eigenvalue weighted by molar-refractivity contribution is 1.41. The topological polar surface area (TPSA) is 0 Å². The zero-order valence-corrected chi connectivity index (χ0v) is 12.2. The molecule has 0 aliphatic rings. The maximum Gasteiger partial charge on any atom is 0.0175 e. The van der Waals surface area contributed by atoms with Gasteiger partial charge in [0.1, 0.15) is 0 Å². The Morgan fingerprint density at radius 1 is 1.05 bits per heavy atom. The SMILES string of the molecule is C=CCC(=C=Cc1ccc(Br)cc1)c1ccccc1. The fraction of sp³-hybridized carbons (Fsp3) is 0.0556. The normalized spacial score (nSPS) is 9.53. The number of hydrogen-bond donors (Lipinski definition) is 0. The van der Waals surface area contributed by atoms with E-state index in [-0.39, 0.29) is 0 Å². The quantitative estimate of drug-likeness (QED) is 0.500. The van der Waals surface area contributed by atoms with Crippen LogP contribution >= 0.6 is 15.9 Å². The average molecular weight is 311 g/mol. The van der Waals surface area contributed by atoms with Gasteiger partial charge in [-0.2, -0.15) is 0 Å². The van der Waals surface area contributed by atoms with E-state index < -0.39 is 0 Å². The summed E-state index contributed by atoms with van der Waals surface area (Å²) < 4.78 is 1.09. The Morgan fingerprint density at radius 3 is 2.37 bits per heavy atom. The standard InChI is InChI=1S/C18H15Br/c1-2-6-16(17-7-4-3-5-8-17)12-9-15-10-13-18(19)14-11-15/h2-5,7-11,13-14H,1,6H2. The van der Waals surface area contributed by atoms with Crippen molar-refractivity contribution in [3.05, 3.63) is 88.6 Å². The molecule has 0 nitrogen and oxygen atoms in total. The van der Waals surface area contributed by atoms with E-state index in [4.69, 9.17) is 0 Å². The third-order valence-corrected chi connectivity index (χ3v) is 3.28. The smallest absolute Gasteiger partial charge is 0.0175 e. The number of hydrogen-bond acceptors (Lipinski definition) is 0. The van der Waals surface area contributed by atoms with E-state index in [1.54, 1.807) is 0 Å². The van der Waals surface area contributed by atoms with Crippen molar-refractivity contribution in [2.24, 2.45) is 0 Å². The summed E-state index contributed by atoms with van der Waals surface area (Å²) in [5.74, 6) is 0. The number of benzene rings is 2. The molecule has 0 spiro atoms. The van der Waals surface area contributed by atoms with E-state index in [0.29, 0.717) is 0 Å². The van der Waals surface area contributed by atoms with E-state index in [9.17, 15) is 0 Å². The molecule has 94 valence electrons. The molecule has 0 aliphatic heterocycles. The van der Waals surface area contributed by atoms with Crippen molar-refractivity contribution in [2.75, 3.05) is 0 Å². The monoisotopic (exact) mass is 310 g/mol. The Morgan fingerprint density at radius 2 is 1.74 bits per heavy atom. The number of allylic oxidation sites excluding steroid dienone is 2. The maximum absolute atomic E-state index is 3.81. The molecule has 0 aromatic heterocycles. The molecule has 2 aromatic rings. The lowest BCUT2D eigenvalue weighted by atomic mass is 10.0. The van der Waals surface area contributed by atoms with Crippen molar-refractivity contribution in [1.29, 1.82) is 0 Å². The minimum atomic E-state index is 0.817. The van der Waals surface area contributed by atoms with Crippen molar-refractivity contribution in [3.8, 4) is 0 Å². The Kier molecular flexibility index (Phi) is 4.97. The average Bonchev–Trinajstić information content (AvgIpc) is 2.46. The first-order valence-electron chi connectivity index (χ1n) is 6.17. The summed E-state index contributed by atoms with van der Waals surface area (Å²) in [5, 5.41) is 0. The molecule has 0 bridgehead atoms. The minimum Gasteiger partial charge on any atom is -0.116 e. The summed E-state index contributed by atoms with van der Waals surface area (Å²) in [7, 11) is 0. The first-order chi connectivity index (χ1) is 9.29. The van der Waals surface area contributed by atoms with Crippen LogP contribution in [0.2, 0.25) is 0 Å². The predicted octanol–water partition coefficient (Wildman–Crippen LogP) is 5.72. The second kappa shape index (κ2) is 6.94. The van der Waals surface area contributed by atoms with Gasteiger partial charge in [-0.1, -0.05) is 64.5 Å². The molecule has 1 heteroatoms. The highest BCUT2D eigenvalue weighted by Crippen LogP contribution is 2.18. The van der Waals surface area contributed by atoms with E-state index in [0.717, 1.165) is 22.0 Å². The van der Waals surface area contributed by atoms with Crippen LogP contribution in [-0.2, 0) is 0 Å². The molecule has 19 heavy (non-hydrogen) atoms. The van der Waals surface area contributed by atoms with E-state index in [1.165, 1.54) is 5.56 Å². The Labute approximate surface area is 122 Å². The van der Waals surface area contributed by atoms with Crippen LogP contribution in [0.3, 0.4) is 0 Å². The van der Waals surface area contributed by atoms with Gasteiger partial charge in [-0.05, 0) is 35.8 Å². The highest BCUT2D eigenvalue weighted by Gasteiger charge is 1.97. The van der Waals surface area contributed by atoms with Crippen molar-refractivity contribution < 1.29 is 0 Å². The molecule has 0 amide bonds. The molecule has 0 aliphatic carbocycles. The van der Waals surface area contributed by atoms with Crippen LogP contribution in [-0.4, -0.2) is 0 Å². The van der Waals surface area contributed by atoms with Gasteiger partial charge in [0.15, 0.2) is 0 Å². The summed E-state index contributed by atoms with van der Waals surface area (Å²) in [4.78, 5) is 0. The zero-order valence-electron chi connectivity index (χ0n) is 10.6. The van der Waals surface area contributed by atoms with Crippen LogP contribution in [0.25, 0.3) is 11.6 Å². The van der Waals surface area contributed by atoms with Gasteiger partial charge in [0, 0.05) is 10.0 Å². The van der Waals surface area contributed by atoms with Gasteiger partial charge in [0.25, 0.3) is 0 Å². The molecule has 2 aromatic carbocycles. The van der Waals surface area contributed by atoms with Gasteiger partial charge < -0.3 is 0 Å². The van der Waals surface area contributed by atoms with Crippen molar-refractivity contribution in [3.63, 3.8) is 0 Å². The highest BCUT2D eigenvalue weighted by atomic mass is 79.9. The first kappa shape index (κ1) is 13.6. The van der Waals surface area contributed by atoms with Crippen molar-refractivity contribution in [2.45, 2.75) is 6.42 Å². The first-order valence-corrected chi connectivity index (χ1v) is 6.96. The second-order valence-corrected chi connectivity index (χ2v) is 5.09. The van der Waals surface area contributed by atoms with Gasteiger partial charge in [-0.3, -0.25) is 0 Å². The molecule has 0 heterocycles. The summed E-state index contributed by atoms with van der Waals surface area (Å²) in [6.07, 6.45) is 4.74. The summed E-state index contributed by atoms with van der Waals surface area (Å²) in [6.45, 7) is 3.81. The van der Waals surface area contributed by atoms with Crippen LogP contribution in [0.5, 0.6) is 0 Å². The summed E-state index contributed by atoms with van der Waals surface area (Å²) >= 11 is 3.43. The lowest BCUT2D eigenvalue weighted by Gasteiger charge is -2.01. The van der Waals surface area contributed by atoms with Crippen LogP contribution in [0.15, 0.2) is 77.5 Å². The van der Waals surface area contributed by atoms with E-state index in [2.05, 4.69) is 52.5 Å². The third-order valence-electron chi connectivity index (χ3n) is 2.75. The van der Waals surface area contributed by atoms with Gasteiger partial charge in [-0.15, -0.1) is 12.3 Å². The van der Waals surface area contributed by atoms with Crippen LogP contribution < -0.4 is 0 Å². The molecule has 0 N–H and O–H groups in total. The Hall–Kier alpha value is -1.82. The van der Waals surface area contributed by atoms with Gasteiger partial charge >= 0.3 is 0 Å². The molecular weight excluding hydrogens is 296 g/mol. The molecule has 0 fully saturated rings. The number of rotatable bonds is 4. The maximum atomic E-state index is 3.81. The zero-order chi connectivity index (χ0) is 13.5. The fourth-order valence-electron chi connectivity index (χ4n) is 1.77. The number of halogens is 1. The predicted molar refractivity (Wildman–Crippen MR) is 86.8 cm³/mol. The van der Waals surface area contributed by atoms with Gasteiger partial charge in [0.05, 0.1) is 0 Å². The molecule has 0 unspecified atom stereocenters. The van der Waals surface area contributed by atoms with Crippen molar-refractivity contribution >= 4 is 27.6 Å². The fourth-order valence-corrected chi connectivity index (χ4v) is 2.04. The largest absolute Gasteiger partial charge is 0.116 e. The second-order valence-electron chi connectivity index (χ2n) is 4.18. The van der Waals surface area contributed by atoms with Crippen LogP contribution in [0, 0.1) is 0 Å². The molecular formula is C18H15Br. The van der Waals surface area contributed by atoms with E-state index in [1.807, 2.05) is 42.5 Å². The minimum absolute atomic E-state index is 0.817. The summed E-state index contributed by atoms with van der Waals surface area (Å²) in [6, 6.07) is 18.5. The molecule has 2 rings (SSSR count). The Balaban J connectivity index is 2.35. The highest BCUT2D eigenvalue weighted by molar-refractivity contribution is 9.10.